The third kappa shape index (κ3) is 5.54. The monoisotopic (exact) mass is 351 g/mol. The number of quaternary nitrogens is 1. The van der Waals surface area contributed by atoms with Crippen molar-refractivity contribution in [2.75, 3.05) is 14.1 Å². The minimum atomic E-state index is -0.0955. The average Bonchev–Trinajstić information content (AvgIpc) is 2.50. The third-order valence-corrected chi connectivity index (χ3v) is 4.18. The minimum absolute atomic E-state index is 0.0955. The van der Waals surface area contributed by atoms with E-state index in [4.69, 9.17) is 23.2 Å². The lowest BCUT2D eigenvalue weighted by atomic mass is 10.1. The van der Waals surface area contributed by atoms with Crippen molar-refractivity contribution < 1.29 is 9.69 Å². The van der Waals surface area contributed by atoms with Crippen molar-refractivity contribution in [2.45, 2.75) is 19.5 Å². The summed E-state index contributed by atoms with van der Waals surface area (Å²) < 4.78 is 0. The molecule has 2 aromatic rings. The van der Waals surface area contributed by atoms with Crippen LogP contribution in [-0.2, 0) is 24.3 Å². The fourth-order valence-electron chi connectivity index (χ4n) is 2.31. The summed E-state index contributed by atoms with van der Waals surface area (Å²) in [6, 6.07) is 13.5. The Hall–Kier alpha value is -1.55. The number of nitrogens with one attached hydrogen (secondary N) is 2. The fraction of sp³-hybridized carbons (Fsp3) is 0.278. The van der Waals surface area contributed by atoms with Crippen molar-refractivity contribution in [1.29, 1.82) is 0 Å². The van der Waals surface area contributed by atoms with E-state index >= 15 is 0 Å². The van der Waals surface area contributed by atoms with Gasteiger partial charge in [-0.3, -0.25) is 4.79 Å². The van der Waals surface area contributed by atoms with Crippen molar-refractivity contribution in [2.24, 2.45) is 0 Å². The van der Waals surface area contributed by atoms with Gasteiger partial charge in [0.15, 0.2) is 0 Å². The summed E-state index contributed by atoms with van der Waals surface area (Å²) in [7, 11) is 4.24. The van der Waals surface area contributed by atoms with Gasteiger partial charge in [-0.05, 0) is 23.3 Å². The molecule has 0 aliphatic carbocycles. The Labute approximate surface area is 147 Å². The molecule has 0 aliphatic heterocycles. The first-order chi connectivity index (χ1) is 11.0. The van der Waals surface area contributed by atoms with Crippen LogP contribution in [0, 0.1) is 0 Å². The van der Waals surface area contributed by atoms with E-state index in [9.17, 15) is 4.79 Å². The SMILES string of the molecule is C[NH+](C)Cc1ccc(CNC(=O)Cc2c(Cl)cccc2Cl)cc1. The summed E-state index contributed by atoms with van der Waals surface area (Å²) in [6.45, 7) is 1.48. The largest absolute Gasteiger partial charge is 0.352 e. The Morgan fingerprint density at radius 1 is 1.00 bits per heavy atom. The maximum Gasteiger partial charge on any atom is 0.224 e. The number of carbonyl (C=O) groups excluding carboxylic acids is 1. The quantitative estimate of drug-likeness (QED) is 0.823. The zero-order valence-corrected chi connectivity index (χ0v) is 14.8. The van der Waals surface area contributed by atoms with Crippen LogP contribution in [0.2, 0.25) is 10.0 Å². The second kappa shape index (κ2) is 8.34. The average molecular weight is 352 g/mol. The van der Waals surface area contributed by atoms with E-state index in [0.29, 0.717) is 22.2 Å². The highest BCUT2D eigenvalue weighted by molar-refractivity contribution is 6.36. The molecule has 2 N–H and O–H groups in total. The van der Waals surface area contributed by atoms with Crippen LogP contribution in [0.4, 0.5) is 0 Å². The molecular weight excluding hydrogens is 331 g/mol. The van der Waals surface area contributed by atoms with Crippen LogP contribution in [0.3, 0.4) is 0 Å². The molecule has 23 heavy (non-hydrogen) atoms. The Kier molecular flexibility index (Phi) is 6.46. The Morgan fingerprint density at radius 2 is 1.57 bits per heavy atom. The van der Waals surface area contributed by atoms with Gasteiger partial charge < -0.3 is 10.2 Å². The number of halogens is 2. The van der Waals surface area contributed by atoms with Crippen molar-refractivity contribution in [3.8, 4) is 0 Å². The molecule has 2 aromatic carbocycles. The van der Waals surface area contributed by atoms with Gasteiger partial charge in [0.2, 0.25) is 5.91 Å². The molecular formula is C18H21Cl2N2O+. The van der Waals surface area contributed by atoms with E-state index in [1.807, 2.05) is 12.1 Å². The van der Waals surface area contributed by atoms with Crippen LogP contribution in [0.25, 0.3) is 0 Å². The van der Waals surface area contributed by atoms with Crippen LogP contribution < -0.4 is 10.2 Å². The molecule has 0 unspecified atom stereocenters. The van der Waals surface area contributed by atoms with Crippen LogP contribution in [0.15, 0.2) is 42.5 Å². The predicted molar refractivity (Wildman–Crippen MR) is 95.0 cm³/mol. The molecule has 3 nitrogen and oxygen atoms in total. The van der Waals surface area contributed by atoms with Gasteiger partial charge >= 0.3 is 0 Å². The molecule has 122 valence electrons. The van der Waals surface area contributed by atoms with Crippen LogP contribution in [0.5, 0.6) is 0 Å². The molecule has 0 aromatic heterocycles. The van der Waals surface area contributed by atoms with E-state index in [2.05, 4.69) is 31.5 Å². The van der Waals surface area contributed by atoms with Crippen LogP contribution in [-0.4, -0.2) is 20.0 Å². The van der Waals surface area contributed by atoms with Gasteiger partial charge in [-0.2, -0.15) is 0 Å². The number of carbonyl (C=O) groups is 1. The summed E-state index contributed by atoms with van der Waals surface area (Å²) in [5.41, 5.74) is 3.02. The highest BCUT2D eigenvalue weighted by Crippen LogP contribution is 2.24. The molecule has 0 saturated heterocycles. The maximum absolute atomic E-state index is 12.1. The molecule has 5 heteroatoms. The van der Waals surface area contributed by atoms with Crippen molar-refractivity contribution >= 4 is 29.1 Å². The summed E-state index contributed by atoms with van der Waals surface area (Å²) in [5, 5.41) is 3.93. The maximum atomic E-state index is 12.1. The molecule has 0 heterocycles. The van der Waals surface area contributed by atoms with Crippen LogP contribution >= 0.6 is 23.2 Å². The van der Waals surface area contributed by atoms with Gasteiger partial charge in [0.1, 0.15) is 6.54 Å². The molecule has 0 bridgehead atoms. The highest BCUT2D eigenvalue weighted by Gasteiger charge is 2.10. The number of amides is 1. The number of hydrogen-bond donors (Lipinski definition) is 2. The van der Waals surface area contributed by atoms with Gasteiger partial charge in [0, 0.05) is 22.2 Å². The van der Waals surface area contributed by atoms with Gasteiger partial charge in [-0.1, -0.05) is 53.5 Å². The van der Waals surface area contributed by atoms with E-state index in [0.717, 1.165) is 12.1 Å². The van der Waals surface area contributed by atoms with Gasteiger partial charge in [0.25, 0.3) is 0 Å². The lowest BCUT2D eigenvalue weighted by Gasteiger charge is -2.10. The summed E-state index contributed by atoms with van der Waals surface area (Å²) in [5.74, 6) is -0.0955. The normalized spacial score (nSPS) is 10.8. The van der Waals surface area contributed by atoms with Gasteiger partial charge in [-0.15, -0.1) is 0 Å². The Bertz CT molecular complexity index is 649. The van der Waals surface area contributed by atoms with E-state index < -0.39 is 0 Å². The molecule has 0 aliphatic rings. The summed E-state index contributed by atoms with van der Waals surface area (Å²) in [4.78, 5) is 13.4. The third-order valence-electron chi connectivity index (χ3n) is 3.47. The lowest BCUT2D eigenvalue weighted by Crippen LogP contribution is -3.04. The highest BCUT2D eigenvalue weighted by atomic mass is 35.5. The minimum Gasteiger partial charge on any atom is -0.352 e. The first-order valence-electron chi connectivity index (χ1n) is 7.52. The molecule has 0 fully saturated rings. The first kappa shape index (κ1) is 17.8. The number of hydrogen-bond acceptors (Lipinski definition) is 1. The molecule has 2 rings (SSSR count). The van der Waals surface area contributed by atoms with Gasteiger partial charge in [-0.25, -0.2) is 0 Å². The predicted octanol–water partition coefficient (Wildman–Crippen LogP) is 2.50. The summed E-state index contributed by atoms with van der Waals surface area (Å²) >= 11 is 12.2. The van der Waals surface area contributed by atoms with E-state index in [1.165, 1.54) is 10.5 Å². The summed E-state index contributed by atoms with van der Waals surface area (Å²) in [6.07, 6.45) is 0.181. The molecule has 0 atom stereocenters. The Morgan fingerprint density at radius 3 is 2.13 bits per heavy atom. The van der Waals surface area contributed by atoms with Crippen molar-refractivity contribution in [1.82, 2.24) is 5.32 Å². The van der Waals surface area contributed by atoms with Crippen molar-refractivity contribution in [3.63, 3.8) is 0 Å². The molecule has 0 spiro atoms. The number of benzene rings is 2. The van der Waals surface area contributed by atoms with E-state index in [-0.39, 0.29) is 12.3 Å². The Balaban J connectivity index is 1.89. The smallest absolute Gasteiger partial charge is 0.224 e. The molecule has 0 saturated carbocycles. The first-order valence-corrected chi connectivity index (χ1v) is 8.27. The zero-order chi connectivity index (χ0) is 16.8. The van der Waals surface area contributed by atoms with Gasteiger partial charge in [0.05, 0.1) is 20.5 Å². The standard InChI is InChI=1S/C18H20Cl2N2O/c1-22(2)12-14-8-6-13(7-9-14)11-21-18(23)10-15-16(19)4-3-5-17(15)20/h3-9H,10-12H2,1-2H3,(H,21,23)/p+1. The van der Waals surface area contributed by atoms with E-state index in [1.54, 1.807) is 18.2 Å². The zero-order valence-electron chi connectivity index (χ0n) is 13.3. The second-order valence-corrected chi connectivity index (χ2v) is 6.67. The van der Waals surface area contributed by atoms with Crippen LogP contribution in [0.1, 0.15) is 16.7 Å². The van der Waals surface area contributed by atoms with Crippen molar-refractivity contribution in [3.05, 3.63) is 69.2 Å². The number of rotatable bonds is 6. The molecule has 0 radical (unpaired) electrons. The molecule has 1 amide bonds. The topological polar surface area (TPSA) is 33.5 Å². The lowest BCUT2D eigenvalue weighted by molar-refractivity contribution is -0.872. The second-order valence-electron chi connectivity index (χ2n) is 5.85. The fourth-order valence-corrected chi connectivity index (χ4v) is 2.84.